The van der Waals surface area contributed by atoms with Crippen LogP contribution in [0.3, 0.4) is 0 Å². The van der Waals surface area contributed by atoms with Gasteiger partial charge in [-0.15, -0.1) is 11.6 Å². The van der Waals surface area contributed by atoms with Gasteiger partial charge in [0.25, 0.3) is 0 Å². The first-order valence-corrected chi connectivity index (χ1v) is 7.49. The van der Waals surface area contributed by atoms with Crippen molar-refractivity contribution in [3.8, 4) is 16.9 Å². The largest absolute Gasteiger partial charge is 0.491 e. The van der Waals surface area contributed by atoms with Crippen molar-refractivity contribution in [3.05, 3.63) is 48.5 Å². The highest BCUT2D eigenvalue weighted by molar-refractivity contribution is 6.28. The molecular formula is C17H19ClN2O. The summed E-state index contributed by atoms with van der Waals surface area (Å²) >= 11 is 5.72. The van der Waals surface area contributed by atoms with E-state index in [4.69, 9.17) is 22.1 Å². The molecule has 3 nitrogen and oxygen atoms in total. The summed E-state index contributed by atoms with van der Waals surface area (Å²) in [4.78, 5) is 4.35. The van der Waals surface area contributed by atoms with Crippen LogP contribution in [-0.2, 0) is 0 Å². The quantitative estimate of drug-likeness (QED) is 0.489. The molecule has 0 aliphatic heterocycles. The SMILES string of the molecule is CCCOc1ccc(-c2ccccc2)cc1N=C(N)CCl. The van der Waals surface area contributed by atoms with Crippen LogP contribution < -0.4 is 10.5 Å². The van der Waals surface area contributed by atoms with Crippen LogP contribution in [0, 0.1) is 0 Å². The Balaban J connectivity index is 2.41. The van der Waals surface area contributed by atoms with Crippen molar-refractivity contribution in [1.82, 2.24) is 0 Å². The average molecular weight is 303 g/mol. The summed E-state index contributed by atoms with van der Waals surface area (Å²) < 4.78 is 5.72. The number of aliphatic imine (C=N–C) groups is 1. The fourth-order valence-corrected chi connectivity index (χ4v) is 1.99. The molecule has 0 saturated carbocycles. The molecular weight excluding hydrogens is 284 g/mol. The highest BCUT2D eigenvalue weighted by atomic mass is 35.5. The van der Waals surface area contributed by atoms with Crippen LogP contribution in [0.5, 0.6) is 5.75 Å². The van der Waals surface area contributed by atoms with Crippen LogP contribution in [0.15, 0.2) is 53.5 Å². The van der Waals surface area contributed by atoms with Crippen molar-refractivity contribution in [2.24, 2.45) is 10.7 Å². The first kappa shape index (κ1) is 15.4. The van der Waals surface area contributed by atoms with Crippen LogP contribution in [0.25, 0.3) is 11.1 Å². The highest BCUT2D eigenvalue weighted by Gasteiger charge is 2.07. The molecule has 0 radical (unpaired) electrons. The second-order valence-corrected chi connectivity index (χ2v) is 4.90. The lowest BCUT2D eigenvalue weighted by Gasteiger charge is -2.10. The molecule has 4 heteroatoms. The van der Waals surface area contributed by atoms with Gasteiger partial charge in [-0.2, -0.15) is 0 Å². The maximum Gasteiger partial charge on any atom is 0.145 e. The minimum absolute atomic E-state index is 0.197. The Morgan fingerprint density at radius 1 is 1.14 bits per heavy atom. The van der Waals surface area contributed by atoms with E-state index in [1.165, 1.54) is 0 Å². The van der Waals surface area contributed by atoms with Gasteiger partial charge in [-0.25, -0.2) is 4.99 Å². The molecule has 0 fully saturated rings. The van der Waals surface area contributed by atoms with Gasteiger partial charge in [0.15, 0.2) is 0 Å². The van der Waals surface area contributed by atoms with Crippen LogP contribution in [-0.4, -0.2) is 18.3 Å². The third-order valence-electron chi connectivity index (χ3n) is 2.93. The van der Waals surface area contributed by atoms with Crippen molar-refractivity contribution in [3.63, 3.8) is 0 Å². The lowest BCUT2D eigenvalue weighted by atomic mass is 10.0. The Bertz CT molecular complexity index is 611. The third-order valence-corrected chi connectivity index (χ3v) is 3.20. The van der Waals surface area contributed by atoms with E-state index < -0.39 is 0 Å². The summed E-state index contributed by atoms with van der Waals surface area (Å²) in [6.45, 7) is 2.71. The molecule has 2 N–H and O–H groups in total. The molecule has 0 aliphatic rings. The molecule has 2 rings (SSSR count). The smallest absolute Gasteiger partial charge is 0.145 e. The molecule has 0 saturated heterocycles. The number of nitrogens with two attached hydrogens (primary N) is 1. The number of hydrogen-bond donors (Lipinski definition) is 1. The second kappa shape index (κ2) is 7.70. The predicted octanol–water partition coefficient (Wildman–Crippen LogP) is 4.37. The average Bonchev–Trinajstić information content (AvgIpc) is 2.54. The van der Waals surface area contributed by atoms with E-state index in [1.807, 2.05) is 36.4 Å². The molecule has 0 amide bonds. The van der Waals surface area contributed by atoms with E-state index in [0.717, 1.165) is 23.3 Å². The summed E-state index contributed by atoms with van der Waals surface area (Å²) in [5, 5.41) is 0. The number of hydrogen-bond acceptors (Lipinski definition) is 2. The maximum absolute atomic E-state index is 5.75. The summed E-state index contributed by atoms with van der Waals surface area (Å²) in [7, 11) is 0. The lowest BCUT2D eigenvalue weighted by molar-refractivity contribution is 0.318. The molecule has 0 aliphatic carbocycles. The number of rotatable bonds is 6. The van der Waals surface area contributed by atoms with Gasteiger partial charge in [-0.1, -0.05) is 43.3 Å². The molecule has 110 valence electrons. The minimum atomic E-state index is 0.197. The number of amidine groups is 1. The van der Waals surface area contributed by atoms with Crippen molar-refractivity contribution in [2.45, 2.75) is 13.3 Å². The van der Waals surface area contributed by atoms with Gasteiger partial charge in [0, 0.05) is 0 Å². The number of alkyl halides is 1. The molecule has 0 aromatic heterocycles. The van der Waals surface area contributed by atoms with Crippen LogP contribution in [0.2, 0.25) is 0 Å². The Kier molecular flexibility index (Phi) is 5.64. The Morgan fingerprint density at radius 2 is 1.90 bits per heavy atom. The summed E-state index contributed by atoms with van der Waals surface area (Å²) in [6, 6.07) is 16.0. The van der Waals surface area contributed by atoms with Gasteiger partial charge in [-0.3, -0.25) is 0 Å². The molecule has 0 unspecified atom stereocenters. The Labute approximate surface area is 130 Å². The van der Waals surface area contributed by atoms with Gasteiger partial charge < -0.3 is 10.5 Å². The molecule has 0 heterocycles. The minimum Gasteiger partial charge on any atom is -0.491 e. The van der Waals surface area contributed by atoms with Gasteiger partial charge >= 0.3 is 0 Å². The third kappa shape index (κ3) is 4.23. The summed E-state index contributed by atoms with van der Waals surface area (Å²) in [6.07, 6.45) is 0.939. The first-order valence-electron chi connectivity index (χ1n) is 6.96. The van der Waals surface area contributed by atoms with Gasteiger partial charge in [0.1, 0.15) is 17.3 Å². The normalized spacial score (nSPS) is 11.4. The zero-order valence-corrected chi connectivity index (χ0v) is 12.8. The van der Waals surface area contributed by atoms with Crippen LogP contribution in [0.1, 0.15) is 13.3 Å². The fraction of sp³-hybridized carbons (Fsp3) is 0.235. The van der Waals surface area contributed by atoms with E-state index in [-0.39, 0.29) is 5.88 Å². The molecule has 21 heavy (non-hydrogen) atoms. The number of benzene rings is 2. The summed E-state index contributed by atoms with van der Waals surface area (Å²) in [5.41, 5.74) is 8.66. The van der Waals surface area contributed by atoms with E-state index in [0.29, 0.717) is 18.1 Å². The van der Waals surface area contributed by atoms with Gasteiger partial charge in [0.2, 0.25) is 0 Å². The van der Waals surface area contributed by atoms with Gasteiger partial charge in [-0.05, 0) is 29.7 Å². The molecule has 0 atom stereocenters. The van der Waals surface area contributed by atoms with Crippen LogP contribution in [0.4, 0.5) is 5.69 Å². The zero-order valence-electron chi connectivity index (χ0n) is 12.1. The van der Waals surface area contributed by atoms with Crippen molar-refractivity contribution < 1.29 is 4.74 Å². The molecule has 0 bridgehead atoms. The highest BCUT2D eigenvalue weighted by Crippen LogP contribution is 2.33. The van der Waals surface area contributed by atoms with Crippen LogP contribution >= 0.6 is 11.6 Å². The predicted molar refractivity (Wildman–Crippen MR) is 89.7 cm³/mol. The lowest BCUT2D eigenvalue weighted by Crippen LogP contribution is -2.12. The molecule has 2 aromatic rings. The van der Waals surface area contributed by atoms with E-state index in [2.05, 4.69) is 24.0 Å². The zero-order chi connectivity index (χ0) is 15.1. The first-order chi connectivity index (χ1) is 10.2. The van der Waals surface area contributed by atoms with E-state index in [9.17, 15) is 0 Å². The number of halogens is 1. The fourth-order valence-electron chi connectivity index (χ4n) is 1.93. The van der Waals surface area contributed by atoms with E-state index in [1.54, 1.807) is 0 Å². The molecule has 2 aromatic carbocycles. The van der Waals surface area contributed by atoms with Crippen molar-refractivity contribution in [2.75, 3.05) is 12.5 Å². The second-order valence-electron chi connectivity index (χ2n) is 4.63. The standard InChI is InChI=1S/C17H19ClN2O/c1-2-10-21-16-9-8-14(13-6-4-3-5-7-13)11-15(16)20-17(19)12-18/h3-9,11H,2,10,12H2,1H3,(H2,19,20). The Hall–Kier alpha value is -2.00. The summed E-state index contributed by atoms with van der Waals surface area (Å²) in [5.74, 6) is 1.30. The van der Waals surface area contributed by atoms with Crippen molar-refractivity contribution in [1.29, 1.82) is 0 Å². The van der Waals surface area contributed by atoms with Gasteiger partial charge in [0.05, 0.1) is 12.5 Å². The molecule has 0 spiro atoms. The number of nitrogens with zero attached hydrogens (tertiary/aromatic N) is 1. The maximum atomic E-state index is 5.75. The number of ether oxygens (including phenoxy) is 1. The monoisotopic (exact) mass is 302 g/mol. The Morgan fingerprint density at radius 3 is 2.57 bits per heavy atom. The topological polar surface area (TPSA) is 47.6 Å². The van der Waals surface area contributed by atoms with E-state index >= 15 is 0 Å². The van der Waals surface area contributed by atoms with Crippen molar-refractivity contribution >= 4 is 23.1 Å².